The van der Waals surface area contributed by atoms with Gasteiger partial charge in [0.1, 0.15) is 0 Å². The van der Waals surface area contributed by atoms with E-state index in [9.17, 15) is 0 Å². The largest absolute Gasteiger partial charge is 0.355 e. The van der Waals surface area contributed by atoms with Crippen LogP contribution in [0.5, 0.6) is 0 Å². The molecule has 2 heteroatoms. The summed E-state index contributed by atoms with van der Waals surface area (Å²) in [6, 6.07) is 71.7. The van der Waals surface area contributed by atoms with Gasteiger partial charge in [-0.25, -0.2) is 0 Å². The molecule has 0 aliphatic rings. The molecule has 0 radical (unpaired) electrons. The first-order valence-corrected chi connectivity index (χ1v) is 17.1. The lowest BCUT2D eigenvalue weighted by molar-refractivity contribution is 1.18. The highest BCUT2D eigenvalue weighted by Gasteiger charge is 2.16. The van der Waals surface area contributed by atoms with Crippen LogP contribution in [0.3, 0.4) is 0 Å². The van der Waals surface area contributed by atoms with Crippen LogP contribution in [0, 0.1) is 0 Å². The van der Waals surface area contributed by atoms with E-state index in [-0.39, 0.29) is 0 Å². The number of hydrogen-bond donors (Lipinski definition) is 1. The topological polar surface area (TPSA) is 17.0 Å². The first-order chi connectivity index (χ1) is 24.8. The fourth-order valence-electron chi connectivity index (χ4n) is 7.12. The molecule has 0 bridgehead atoms. The maximum Gasteiger partial charge on any atom is 0.0541 e. The normalized spacial score (nSPS) is 11.2. The predicted octanol–water partition coefficient (Wildman–Crippen LogP) is 13.2. The number of hydrogen-bond acceptors (Lipinski definition) is 1. The second-order valence-corrected chi connectivity index (χ2v) is 12.7. The molecule has 0 aliphatic heterocycles. The van der Waals surface area contributed by atoms with Crippen molar-refractivity contribution >= 4 is 33.2 Å². The van der Waals surface area contributed by atoms with Crippen LogP contribution in [0.2, 0.25) is 0 Å². The van der Waals surface area contributed by atoms with Crippen LogP contribution < -0.4 is 5.32 Å². The fourth-order valence-corrected chi connectivity index (χ4v) is 7.12. The SMILES string of the molecule is c1ccc(-c2cccc(Nc3ccc(-c4ccc5c(c4)c4cc(-c6ccccc6)ccc4n5-c4ccccc4)cc3-c3ccccc3)c2)cc1. The van der Waals surface area contributed by atoms with Gasteiger partial charge in [-0.1, -0.05) is 140 Å². The summed E-state index contributed by atoms with van der Waals surface area (Å²) in [6.07, 6.45) is 0. The minimum atomic E-state index is 1.06. The molecule has 0 saturated heterocycles. The van der Waals surface area contributed by atoms with Gasteiger partial charge in [-0.2, -0.15) is 0 Å². The lowest BCUT2D eigenvalue weighted by Gasteiger charge is -2.16. The molecular weight excluding hydrogens is 605 g/mol. The van der Waals surface area contributed by atoms with Gasteiger partial charge in [0, 0.05) is 33.4 Å². The number of anilines is 2. The number of nitrogens with zero attached hydrogens (tertiary/aromatic N) is 1. The zero-order valence-electron chi connectivity index (χ0n) is 27.5. The van der Waals surface area contributed by atoms with Crippen LogP contribution >= 0.6 is 0 Å². The third kappa shape index (κ3) is 5.53. The summed E-state index contributed by atoms with van der Waals surface area (Å²) in [5.41, 5.74) is 15.2. The van der Waals surface area contributed by atoms with Gasteiger partial charge in [0.15, 0.2) is 0 Å². The van der Waals surface area contributed by atoms with Gasteiger partial charge in [-0.05, 0) is 99.6 Å². The molecule has 0 amide bonds. The Morgan fingerprint density at radius 3 is 1.38 bits per heavy atom. The Bertz CT molecular complexity index is 2590. The first kappa shape index (κ1) is 29.5. The van der Waals surface area contributed by atoms with Crippen LogP contribution in [0.1, 0.15) is 0 Å². The van der Waals surface area contributed by atoms with E-state index in [0.29, 0.717) is 0 Å². The number of aromatic nitrogens is 1. The fraction of sp³-hybridized carbons (Fsp3) is 0. The highest BCUT2D eigenvalue weighted by atomic mass is 15.0. The second kappa shape index (κ2) is 12.8. The van der Waals surface area contributed by atoms with Crippen molar-refractivity contribution < 1.29 is 0 Å². The minimum Gasteiger partial charge on any atom is -0.355 e. The summed E-state index contributed by atoms with van der Waals surface area (Å²) in [5.74, 6) is 0. The van der Waals surface area contributed by atoms with E-state index in [1.165, 1.54) is 60.8 Å². The molecule has 1 heterocycles. The molecule has 1 aromatic heterocycles. The summed E-state index contributed by atoms with van der Waals surface area (Å²) in [5, 5.41) is 6.23. The molecular formula is C48H34N2. The van der Waals surface area contributed by atoms with Crippen molar-refractivity contribution in [1.29, 1.82) is 0 Å². The summed E-state index contributed by atoms with van der Waals surface area (Å²) in [4.78, 5) is 0. The van der Waals surface area contributed by atoms with Crippen LogP contribution in [0.4, 0.5) is 11.4 Å². The van der Waals surface area contributed by atoms with Crippen LogP contribution in [-0.4, -0.2) is 4.57 Å². The van der Waals surface area contributed by atoms with E-state index < -0.39 is 0 Å². The molecule has 0 spiro atoms. The molecule has 0 aliphatic carbocycles. The van der Waals surface area contributed by atoms with Gasteiger partial charge >= 0.3 is 0 Å². The first-order valence-electron chi connectivity index (χ1n) is 17.1. The van der Waals surface area contributed by atoms with Gasteiger partial charge in [0.25, 0.3) is 0 Å². The van der Waals surface area contributed by atoms with Gasteiger partial charge in [0.05, 0.1) is 11.0 Å². The summed E-state index contributed by atoms with van der Waals surface area (Å²) in [6.45, 7) is 0. The molecule has 236 valence electrons. The van der Waals surface area contributed by atoms with Crippen molar-refractivity contribution in [3.8, 4) is 50.2 Å². The molecule has 0 fully saturated rings. The molecule has 9 rings (SSSR count). The standard InChI is InChI=1S/C48H34N2/c1-5-14-34(15-6-1)37-20-13-21-41(30-37)49-46-27-24-39(31-43(46)36-18-9-3-10-19-36)40-26-29-48-45(33-40)44-32-38(35-16-7-2-8-17-35)25-28-47(44)50(48)42-22-11-4-12-23-42/h1-33,49H. The van der Waals surface area contributed by atoms with Gasteiger partial charge < -0.3 is 9.88 Å². The van der Waals surface area contributed by atoms with Crippen molar-refractivity contribution in [2.24, 2.45) is 0 Å². The van der Waals surface area contributed by atoms with Crippen LogP contribution in [0.15, 0.2) is 200 Å². The quantitative estimate of drug-likeness (QED) is 0.184. The molecule has 1 N–H and O–H groups in total. The Labute approximate surface area is 292 Å². The van der Waals surface area contributed by atoms with Crippen LogP contribution in [-0.2, 0) is 0 Å². The molecule has 9 aromatic rings. The Morgan fingerprint density at radius 2 is 0.780 bits per heavy atom. The summed E-state index contributed by atoms with van der Waals surface area (Å²) < 4.78 is 2.38. The number of fused-ring (bicyclic) bond motifs is 3. The Hall–Kier alpha value is -6.64. The third-order valence-electron chi connectivity index (χ3n) is 9.57. The van der Waals surface area contributed by atoms with Gasteiger partial charge in [-0.3, -0.25) is 0 Å². The van der Waals surface area contributed by atoms with Crippen molar-refractivity contribution in [3.63, 3.8) is 0 Å². The molecule has 8 aromatic carbocycles. The lowest BCUT2D eigenvalue weighted by Crippen LogP contribution is -1.95. The zero-order valence-corrected chi connectivity index (χ0v) is 27.5. The summed E-state index contributed by atoms with van der Waals surface area (Å²) in [7, 11) is 0. The maximum absolute atomic E-state index is 3.75. The highest BCUT2D eigenvalue weighted by molar-refractivity contribution is 6.11. The van der Waals surface area contributed by atoms with E-state index in [1.807, 2.05) is 0 Å². The molecule has 0 unspecified atom stereocenters. The van der Waals surface area contributed by atoms with Gasteiger partial charge in [0.2, 0.25) is 0 Å². The van der Waals surface area contributed by atoms with Crippen molar-refractivity contribution in [1.82, 2.24) is 4.57 Å². The number of nitrogens with one attached hydrogen (secondary N) is 1. The number of para-hydroxylation sites is 1. The predicted molar refractivity (Wildman–Crippen MR) is 212 cm³/mol. The summed E-state index contributed by atoms with van der Waals surface area (Å²) >= 11 is 0. The Kier molecular flexibility index (Phi) is 7.53. The van der Waals surface area contributed by atoms with Crippen molar-refractivity contribution in [3.05, 3.63) is 200 Å². The molecule has 50 heavy (non-hydrogen) atoms. The monoisotopic (exact) mass is 638 g/mol. The average molecular weight is 639 g/mol. The lowest BCUT2D eigenvalue weighted by atomic mass is 9.96. The van der Waals surface area contributed by atoms with E-state index in [1.54, 1.807) is 0 Å². The maximum atomic E-state index is 3.75. The number of rotatable bonds is 7. The smallest absolute Gasteiger partial charge is 0.0541 e. The van der Waals surface area contributed by atoms with E-state index in [4.69, 9.17) is 0 Å². The van der Waals surface area contributed by atoms with Crippen molar-refractivity contribution in [2.45, 2.75) is 0 Å². The second-order valence-electron chi connectivity index (χ2n) is 12.7. The third-order valence-corrected chi connectivity index (χ3v) is 9.57. The zero-order chi connectivity index (χ0) is 33.3. The molecule has 0 atom stereocenters. The number of benzene rings is 8. The van der Waals surface area contributed by atoms with E-state index in [2.05, 4.69) is 210 Å². The van der Waals surface area contributed by atoms with Crippen LogP contribution in [0.25, 0.3) is 72.0 Å². The molecule has 0 saturated carbocycles. The average Bonchev–Trinajstić information content (AvgIpc) is 3.52. The Morgan fingerprint density at radius 1 is 0.320 bits per heavy atom. The van der Waals surface area contributed by atoms with E-state index >= 15 is 0 Å². The van der Waals surface area contributed by atoms with Crippen molar-refractivity contribution in [2.75, 3.05) is 5.32 Å². The molecule has 2 nitrogen and oxygen atoms in total. The minimum absolute atomic E-state index is 1.06. The Balaban J connectivity index is 1.18. The van der Waals surface area contributed by atoms with Gasteiger partial charge in [-0.15, -0.1) is 0 Å². The van der Waals surface area contributed by atoms with E-state index in [0.717, 1.165) is 22.6 Å². The highest BCUT2D eigenvalue weighted by Crippen LogP contribution is 2.39.